The van der Waals surface area contributed by atoms with Gasteiger partial charge in [-0.1, -0.05) is 12.1 Å². The van der Waals surface area contributed by atoms with Crippen LogP contribution in [0.15, 0.2) is 30.5 Å². The lowest BCUT2D eigenvalue weighted by atomic mass is 10.0. The molecule has 0 spiro atoms. The van der Waals surface area contributed by atoms with E-state index >= 15 is 0 Å². The van der Waals surface area contributed by atoms with Gasteiger partial charge in [-0.25, -0.2) is 13.2 Å². The molecule has 1 atom stereocenters. The van der Waals surface area contributed by atoms with Gasteiger partial charge in [-0.05, 0) is 24.6 Å². The minimum Gasteiger partial charge on any atom is -0.388 e. The molecule has 0 bridgehead atoms. The van der Waals surface area contributed by atoms with Gasteiger partial charge in [-0.15, -0.1) is 0 Å². The van der Waals surface area contributed by atoms with Crippen molar-refractivity contribution < 1.29 is 18.3 Å². The van der Waals surface area contributed by atoms with E-state index in [1.165, 1.54) is 0 Å². The van der Waals surface area contributed by atoms with E-state index in [2.05, 4.69) is 4.98 Å². The third-order valence-corrected chi connectivity index (χ3v) is 2.93. The molecule has 5 heteroatoms. The van der Waals surface area contributed by atoms with E-state index in [1.54, 1.807) is 25.3 Å². The lowest BCUT2D eigenvalue weighted by molar-refractivity contribution is 0.170. The Morgan fingerprint density at radius 3 is 2.58 bits per heavy atom. The first-order valence-electron chi connectivity index (χ1n) is 5.72. The van der Waals surface area contributed by atoms with E-state index in [0.717, 1.165) is 17.7 Å². The van der Waals surface area contributed by atoms with Crippen LogP contribution in [0.1, 0.15) is 22.9 Å². The van der Waals surface area contributed by atoms with Gasteiger partial charge in [0.15, 0.2) is 17.5 Å². The number of benzene rings is 1. The Bertz CT molecular complexity index is 601. The molecule has 0 aliphatic carbocycles. The highest BCUT2D eigenvalue weighted by Crippen LogP contribution is 2.24. The highest BCUT2D eigenvalue weighted by molar-refractivity contribution is 5.25. The van der Waals surface area contributed by atoms with Crippen LogP contribution in [0.4, 0.5) is 13.2 Å². The zero-order valence-electron chi connectivity index (χ0n) is 10.2. The minimum atomic E-state index is -1.57. The summed E-state index contributed by atoms with van der Waals surface area (Å²) in [7, 11) is 0. The Labute approximate surface area is 108 Å². The van der Waals surface area contributed by atoms with Gasteiger partial charge in [0.05, 0.1) is 6.10 Å². The maximum absolute atomic E-state index is 13.5. The quantitative estimate of drug-likeness (QED) is 0.867. The zero-order valence-corrected chi connectivity index (χ0v) is 10.2. The Hall–Kier alpha value is -1.88. The molecule has 0 radical (unpaired) electrons. The van der Waals surface area contributed by atoms with Gasteiger partial charge in [0.2, 0.25) is 0 Å². The molecule has 0 fully saturated rings. The molecule has 0 saturated heterocycles. The number of hydrogen-bond donors (Lipinski definition) is 1. The summed E-state index contributed by atoms with van der Waals surface area (Å²) in [5.41, 5.74) is 1.15. The summed E-state index contributed by atoms with van der Waals surface area (Å²) in [5, 5.41) is 9.93. The van der Waals surface area contributed by atoms with Crippen LogP contribution in [0.25, 0.3) is 0 Å². The summed E-state index contributed by atoms with van der Waals surface area (Å²) in [6.45, 7) is 1.80. The standard InChI is InChI=1S/C14H12F3NO/c1-8-3-2-6-18-11(8)7-12(19)9-4-5-10(15)14(17)13(9)16/h2-6,12,19H,7H2,1H3. The average molecular weight is 267 g/mol. The van der Waals surface area contributed by atoms with Crippen LogP contribution in [-0.2, 0) is 6.42 Å². The van der Waals surface area contributed by atoms with Crippen molar-refractivity contribution in [2.24, 2.45) is 0 Å². The number of halogens is 3. The van der Waals surface area contributed by atoms with Crippen molar-refractivity contribution in [2.45, 2.75) is 19.4 Å². The second-order valence-corrected chi connectivity index (χ2v) is 4.25. The summed E-state index contributed by atoms with van der Waals surface area (Å²) >= 11 is 0. The van der Waals surface area contributed by atoms with E-state index in [1.807, 2.05) is 0 Å². The van der Waals surface area contributed by atoms with E-state index in [9.17, 15) is 18.3 Å². The first-order valence-corrected chi connectivity index (χ1v) is 5.72. The van der Waals surface area contributed by atoms with Crippen molar-refractivity contribution in [1.82, 2.24) is 4.98 Å². The lowest BCUT2D eigenvalue weighted by Crippen LogP contribution is -2.09. The monoisotopic (exact) mass is 267 g/mol. The lowest BCUT2D eigenvalue weighted by Gasteiger charge is -2.13. The predicted octanol–water partition coefficient (Wildman–Crippen LogP) is 3.08. The predicted molar refractivity (Wildman–Crippen MR) is 64.0 cm³/mol. The molecule has 2 nitrogen and oxygen atoms in total. The Balaban J connectivity index is 2.28. The molecule has 0 aliphatic heterocycles. The van der Waals surface area contributed by atoms with E-state index in [4.69, 9.17) is 0 Å². The SMILES string of the molecule is Cc1cccnc1CC(O)c1ccc(F)c(F)c1F. The maximum atomic E-state index is 13.5. The topological polar surface area (TPSA) is 33.1 Å². The third kappa shape index (κ3) is 2.76. The molecular formula is C14H12F3NO. The molecule has 1 aromatic carbocycles. The molecule has 2 aromatic rings. The molecule has 1 unspecified atom stereocenters. The number of aliphatic hydroxyl groups excluding tert-OH is 1. The maximum Gasteiger partial charge on any atom is 0.194 e. The van der Waals surface area contributed by atoms with Crippen LogP contribution >= 0.6 is 0 Å². The first-order chi connectivity index (χ1) is 9.00. The summed E-state index contributed by atoms with van der Waals surface area (Å²) < 4.78 is 39.4. The number of aryl methyl sites for hydroxylation is 1. The fourth-order valence-corrected chi connectivity index (χ4v) is 1.82. The van der Waals surface area contributed by atoms with Crippen molar-refractivity contribution in [1.29, 1.82) is 0 Å². The van der Waals surface area contributed by atoms with Crippen molar-refractivity contribution in [2.75, 3.05) is 0 Å². The molecule has 1 N–H and O–H groups in total. The van der Waals surface area contributed by atoms with Crippen LogP contribution in [-0.4, -0.2) is 10.1 Å². The molecule has 0 saturated carbocycles. The Kier molecular flexibility index (Phi) is 3.85. The summed E-state index contributed by atoms with van der Waals surface area (Å²) in [4.78, 5) is 4.06. The highest BCUT2D eigenvalue weighted by atomic mass is 19.2. The molecule has 0 amide bonds. The first kappa shape index (κ1) is 13.5. The van der Waals surface area contributed by atoms with Crippen molar-refractivity contribution >= 4 is 0 Å². The molecular weight excluding hydrogens is 255 g/mol. The van der Waals surface area contributed by atoms with Crippen molar-refractivity contribution in [3.8, 4) is 0 Å². The smallest absolute Gasteiger partial charge is 0.194 e. The Morgan fingerprint density at radius 1 is 1.16 bits per heavy atom. The number of nitrogens with zero attached hydrogens (tertiary/aromatic N) is 1. The number of rotatable bonds is 3. The van der Waals surface area contributed by atoms with Gasteiger partial charge in [-0.3, -0.25) is 4.98 Å². The molecule has 100 valence electrons. The normalized spacial score (nSPS) is 12.5. The van der Waals surface area contributed by atoms with E-state index < -0.39 is 23.6 Å². The van der Waals surface area contributed by atoms with Crippen molar-refractivity contribution in [3.63, 3.8) is 0 Å². The second-order valence-electron chi connectivity index (χ2n) is 4.25. The fraction of sp³-hybridized carbons (Fsp3) is 0.214. The van der Waals surface area contributed by atoms with Crippen molar-refractivity contribution in [3.05, 3.63) is 64.7 Å². The van der Waals surface area contributed by atoms with Gasteiger partial charge in [0.25, 0.3) is 0 Å². The van der Waals surface area contributed by atoms with Gasteiger partial charge < -0.3 is 5.11 Å². The van der Waals surface area contributed by atoms with E-state index in [0.29, 0.717) is 5.69 Å². The summed E-state index contributed by atoms with van der Waals surface area (Å²) in [6, 6.07) is 5.37. The minimum absolute atomic E-state index is 0.0364. The zero-order chi connectivity index (χ0) is 14.0. The van der Waals surface area contributed by atoms with E-state index in [-0.39, 0.29) is 12.0 Å². The largest absolute Gasteiger partial charge is 0.388 e. The molecule has 2 rings (SSSR count). The van der Waals surface area contributed by atoms with Crippen LogP contribution in [0.3, 0.4) is 0 Å². The molecule has 1 heterocycles. The van der Waals surface area contributed by atoms with Crippen LogP contribution < -0.4 is 0 Å². The van der Waals surface area contributed by atoms with Crippen LogP contribution in [0.2, 0.25) is 0 Å². The number of aliphatic hydroxyl groups is 1. The molecule has 19 heavy (non-hydrogen) atoms. The Morgan fingerprint density at radius 2 is 1.89 bits per heavy atom. The molecule has 0 aliphatic rings. The fourth-order valence-electron chi connectivity index (χ4n) is 1.82. The van der Waals surface area contributed by atoms with Gasteiger partial charge in [-0.2, -0.15) is 0 Å². The average Bonchev–Trinajstić information content (AvgIpc) is 2.39. The van der Waals surface area contributed by atoms with Gasteiger partial charge in [0.1, 0.15) is 0 Å². The van der Waals surface area contributed by atoms with Crippen LogP contribution in [0, 0.1) is 24.4 Å². The van der Waals surface area contributed by atoms with Gasteiger partial charge in [0, 0.05) is 23.9 Å². The molecule has 1 aromatic heterocycles. The number of hydrogen-bond acceptors (Lipinski definition) is 2. The highest BCUT2D eigenvalue weighted by Gasteiger charge is 2.20. The van der Waals surface area contributed by atoms with Crippen LogP contribution in [0.5, 0.6) is 0 Å². The third-order valence-electron chi connectivity index (χ3n) is 2.93. The second kappa shape index (κ2) is 5.40. The number of pyridine rings is 1. The summed E-state index contributed by atoms with van der Waals surface area (Å²) in [5.74, 6) is -4.21. The summed E-state index contributed by atoms with van der Waals surface area (Å²) in [6.07, 6.45) is 0.314. The number of aromatic nitrogens is 1. The van der Waals surface area contributed by atoms with Gasteiger partial charge >= 0.3 is 0 Å².